The van der Waals surface area contributed by atoms with Gasteiger partial charge in [-0.3, -0.25) is 4.68 Å². The van der Waals surface area contributed by atoms with E-state index in [1.54, 1.807) is 13.3 Å². The van der Waals surface area contributed by atoms with Crippen LogP contribution in [0.4, 0.5) is 0 Å². The Morgan fingerprint density at radius 2 is 2.06 bits per heavy atom. The van der Waals surface area contributed by atoms with Gasteiger partial charge in [0.1, 0.15) is 0 Å². The average Bonchev–Trinajstić information content (AvgIpc) is 2.69. The van der Waals surface area contributed by atoms with Gasteiger partial charge in [-0.1, -0.05) is 13.8 Å². The summed E-state index contributed by atoms with van der Waals surface area (Å²) in [6, 6.07) is 0.256. The van der Waals surface area contributed by atoms with E-state index < -0.39 is 0 Å². The van der Waals surface area contributed by atoms with E-state index in [1.165, 1.54) is 0 Å². The summed E-state index contributed by atoms with van der Waals surface area (Å²) >= 11 is 1.86. The third-order valence-electron chi connectivity index (χ3n) is 2.47. The first-order valence-corrected chi connectivity index (χ1v) is 7.00. The molecule has 1 heterocycles. The summed E-state index contributed by atoms with van der Waals surface area (Å²) in [7, 11) is 1.66. The van der Waals surface area contributed by atoms with E-state index >= 15 is 0 Å². The minimum absolute atomic E-state index is 0.0396. The van der Waals surface area contributed by atoms with Crippen LogP contribution in [0.5, 0.6) is 5.75 Å². The molecule has 17 heavy (non-hydrogen) atoms. The van der Waals surface area contributed by atoms with E-state index in [-0.39, 0.29) is 6.04 Å². The lowest BCUT2D eigenvalue weighted by Crippen LogP contribution is -2.21. The van der Waals surface area contributed by atoms with Gasteiger partial charge in [-0.2, -0.15) is 16.9 Å². The monoisotopic (exact) mass is 257 g/mol. The molecule has 0 aliphatic rings. The molecule has 1 unspecified atom stereocenters. The third kappa shape index (κ3) is 3.64. The molecule has 1 atom stereocenters. The van der Waals surface area contributed by atoms with Crippen LogP contribution in [0.15, 0.2) is 6.20 Å². The highest BCUT2D eigenvalue weighted by Crippen LogP contribution is 2.28. The van der Waals surface area contributed by atoms with E-state index in [0.29, 0.717) is 11.3 Å². The maximum absolute atomic E-state index is 6.24. The second kappa shape index (κ2) is 6.31. The van der Waals surface area contributed by atoms with Gasteiger partial charge in [0.15, 0.2) is 5.75 Å². The molecule has 0 spiro atoms. The van der Waals surface area contributed by atoms with Gasteiger partial charge < -0.3 is 10.5 Å². The largest absolute Gasteiger partial charge is 0.493 e. The fourth-order valence-corrected chi connectivity index (χ4v) is 2.40. The summed E-state index contributed by atoms with van der Waals surface area (Å²) in [6.45, 7) is 8.54. The Hall–Kier alpha value is -0.680. The molecule has 0 aliphatic carbocycles. The van der Waals surface area contributed by atoms with Crippen LogP contribution in [0.25, 0.3) is 0 Å². The topological polar surface area (TPSA) is 53.1 Å². The summed E-state index contributed by atoms with van der Waals surface area (Å²) in [4.78, 5) is 0. The predicted molar refractivity (Wildman–Crippen MR) is 73.7 cm³/mol. The molecule has 0 bridgehead atoms. The Morgan fingerprint density at radius 1 is 1.41 bits per heavy atom. The number of hydrogen-bond donors (Lipinski definition) is 1. The first kappa shape index (κ1) is 14.4. The van der Waals surface area contributed by atoms with Crippen molar-refractivity contribution < 1.29 is 4.74 Å². The van der Waals surface area contributed by atoms with Crippen molar-refractivity contribution in [3.8, 4) is 5.75 Å². The zero-order chi connectivity index (χ0) is 13.0. The summed E-state index contributed by atoms with van der Waals surface area (Å²) < 4.78 is 7.28. The summed E-state index contributed by atoms with van der Waals surface area (Å²) in [6.07, 6.45) is 1.75. The highest BCUT2D eigenvalue weighted by atomic mass is 32.2. The molecule has 1 aromatic rings. The highest BCUT2D eigenvalue weighted by Gasteiger charge is 2.20. The van der Waals surface area contributed by atoms with E-state index in [1.807, 2.05) is 16.4 Å². The number of rotatable bonds is 6. The summed E-state index contributed by atoms with van der Waals surface area (Å²) in [5.74, 6) is 1.67. The number of ether oxygens (including phenoxy) is 1. The van der Waals surface area contributed by atoms with Crippen molar-refractivity contribution in [3.05, 3.63) is 11.9 Å². The van der Waals surface area contributed by atoms with Gasteiger partial charge in [0.05, 0.1) is 25.0 Å². The second-order valence-electron chi connectivity index (χ2n) is 4.63. The molecule has 0 aliphatic heterocycles. The van der Waals surface area contributed by atoms with Crippen LogP contribution < -0.4 is 10.5 Å². The molecule has 5 heteroatoms. The van der Waals surface area contributed by atoms with Crippen LogP contribution in [0, 0.1) is 0 Å². The van der Waals surface area contributed by atoms with Crippen LogP contribution in [0.1, 0.15) is 45.5 Å². The molecule has 1 rings (SSSR count). The number of methoxy groups -OCH3 is 1. The minimum atomic E-state index is -0.0396. The van der Waals surface area contributed by atoms with Crippen molar-refractivity contribution in [2.75, 3.05) is 12.9 Å². The van der Waals surface area contributed by atoms with Crippen molar-refractivity contribution in [2.45, 2.75) is 45.0 Å². The lowest BCUT2D eigenvalue weighted by molar-refractivity contribution is 0.399. The molecular formula is C12H23N3OS. The minimum Gasteiger partial charge on any atom is -0.493 e. The Labute approximate surface area is 108 Å². The van der Waals surface area contributed by atoms with Crippen LogP contribution in [-0.2, 0) is 0 Å². The van der Waals surface area contributed by atoms with Gasteiger partial charge in [-0.25, -0.2) is 0 Å². The Morgan fingerprint density at radius 3 is 2.53 bits per heavy atom. The number of thioether (sulfide) groups is 1. The van der Waals surface area contributed by atoms with Gasteiger partial charge in [0.2, 0.25) is 0 Å². The average molecular weight is 257 g/mol. The fraction of sp³-hybridized carbons (Fsp3) is 0.750. The zero-order valence-electron chi connectivity index (χ0n) is 11.3. The van der Waals surface area contributed by atoms with E-state index in [9.17, 15) is 0 Å². The lowest BCUT2D eigenvalue weighted by atomic mass is 10.2. The van der Waals surface area contributed by atoms with E-state index in [2.05, 4.69) is 32.8 Å². The Kier molecular flexibility index (Phi) is 5.33. The van der Waals surface area contributed by atoms with Crippen LogP contribution >= 0.6 is 11.8 Å². The molecule has 1 aromatic heterocycles. The van der Waals surface area contributed by atoms with Crippen molar-refractivity contribution in [1.82, 2.24) is 9.78 Å². The van der Waals surface area contributed by atoms with Crippen LogP contribution in [0.2, 0.25) is 0 Å². The molecule has 0 aromatic carbocycles. The van der Waals surface area contributed by atoms with Gasteiger partial charge in [0.25, 0.3) is 0 Å². The molecule has 98 valence electrons. The smallest absolute Gasteiger partial charge is 0.161 e. The molecule has 4 nitrogen and oxygen atoms in total. The predicted octanol–water partition coefficient (Wildman–Crippen LogP) is 2.61. The van der Waals surface area contributed by atoms with Gasteiger partial charge >= 0.3 is 0 Å². The molecular weight excluding hydrogens is 234 g/mol. The number of nitrogens with zero attached hydrogens (tertiary/aromatic N) is 2. The van der Waals surface area contributed by atoms with Gasteiger partial charge in [-0.05, 0) is 19.1 Å². The standard InChI is InChI=1S/C12H23N3OS/c1-8(2)15-12(11(16-5)6-14-15)10(13)7-17-9(3)4/h6,8-10H,7,13H2,1-5H3. The molecule has 0 radical (unpaired) electrons. The van der Waals surface area contributed by atoms with Crippen LogP contribution in [0.3, 0.4) is 0 Å². The Balaban J connectivity index is 2.89. The quantitative estimate of drug-likeness (QED) is 0.851. The highest BCUT2D eigenvalue weighted by molar-refractivity contribution is 7.99. The molecule has 0 fully saturated rings. The Bertz CT molecular complexity index is 350. The van der Waals surface area contributed by atoms with Crippen molar-refractivity contribution in [3.63, 3.8) is 0 Å². The summed E-state index contributed by atoms with van der Waals surface area (Å²) in [5, 5.41) is 4.92. The van der Waals surface area contributed by atoms with E-state index in [0.717, 1.165) is 17.2 Å². The first-order chi connectivity index (χ1) is 7.97. The third-order valence-corrected chi connectivity index (χ3v) is 3.69. The molecule has 2 N–H and O–H groups in total. The second-order valence-corrected chi connectivity index (χ2v) is 6.23. The van der Waals surface area contributed by atoms with Crippen molar-refractivity contribution in [1.29, 1.82) is 0 Å². The van der Waals surface area contributed by atoms with Crippen molar-refractivity contribution in [2.24, 2.45) is 5.73 Å². The molecule has 0 saturated carbocycles. The fourth-order valence-electron chi connectivity index (χ4n) is 1.65. The maximum Gasteiger partial charge on any atom is 0.161 e. The number of aromatic nitrogens is 2. The number of nitrogens with two attached hydrogens (primary N) is 1. The maximum atomic E-state index is 6.24. The van der Waals surface area contributed by atoms with Gasteiger partial charge in [-0.15, -0.1) is 0 Å². The van der Waals surface area contributed by atoms with Gasteiger partial charge in [0, 0.05) is 11.8 Å². The number of hydrogen-bond acceptors (Lipinski definition) is 4. The molecule has 0 saturated heterocycles. The first-order valence-electron chi connectivity index (χ1n) is 5.96. The normalized spacial score (nSPS) is 13.4. The molecule has 0 amide bonds. The summed E-state index contributed by atoms with van der Waals surface area (Å²) in [5.41, 5.74) is 7.24. The van der Waals surface area contributed by atoms with Crippen molar-refractivity contribution >= 4 is 11.8 Å². The van der Waals surface area contributed by atoms with E-state index in [4.69, 9.17) is 10.5 Å². The zero-order valence-corrected chi connectivity index (χ0v) is 12.1. The SMILES string of the molecule is COc1cnn(C(C)C)c1C(N)CSC(C)C. The lowest BCUT2D eigenvalue weighted by Gasteiger charge is -2.18. The van der Waals surface area contributed by atoms with Crippen LogP contribution in [-0.4, -0.2) is 27.9 Å².